The minimum atomic E-state index is -0.999. The lowest BCUT2D eigenvalue weighted by Crippen LogP contribution is -2.41. The molecule has 1 aliphatic rings. The molecule has 2 heterocycles. The van der Waals surface area contributed by atoms with E-state index in [2.05, 4.69) is 36.4 Å². The van der Waals surface area contributed by atoms with Gasteiger partial charge in [0.15, 0.2) is 0 Å². The first kappa shape index (κ1) is 40.4. The molecule has 0 bridgehead atoms. The average molecular weight is 709 g/mol. The summed E-state index contributed by atoms with van der Waals surface area (Å²) in [5.41, 5.74) is -1.58. The Morgan fingerprint density at radius 3 is 2.35 bits per heavy atom. The summed E-state index contributed by atoms with van der Waals surface area (Å²) < 4.78 is 19.1. The number of nitrogens with zero attached hydrogens (tertiary/aromatic N) is 1. The zero-order chi connectivity index (χ0) is 36.0. The van der Waals surface area contributed by atoms with Crippen molar-refractivity contribution in [2.24, 2.45) is 0 Å². The van der Waals surface area contributed by atoms with Crippen molar-refractivity contribution in [3.8, 4) is 0 Å². The van der Waals surface area contributed by atoms with E-state index in [1.807, 2.05) is 6.92 Å². The molecule has 0 radical (unpaired) electrons. The number of carbonyl (C=O) groups is 2. The second kappa shape index (κ2) is 19.4. The number of hydrogen-bond acceptors (Lipinski definition) is 9. The number of aliphatic hydroxyl groups excluding tert-OH is 2. The highest BCUT2D eigenvalue weighted by atomic mass is 35.5. The van der Waals surface area contributed by atoms with Gasteiger partial charge in [-0.2, -0.15) is 0 Å². The van der Waals surface area contributed by atoms with E-state index in [1.54, 1.807) is 24.3 Å². The molecule has 0 saturated carbocycles. The van der Waals surface area contributed by atoms with Gasteiger partial charge in [0.05, 0.1) is 37.1 Å². The van der Waals surface area contributed by atoms with Gasteiger partial charge in [0, 0.05) is 37.2 Å². The van der Waals surface area contributed by atoms with E-state index in [0.717, 1.165) is 55.7 Å². The number of H-pyrrole nitrogens is 1. The lowest BCUT2D eigenvalue weighted by Gasteiger charge is -2.35. The molecule has 5 N–H and O–H groups in total. The Hall–Kier alpha value is -3.07. The van der Waals surface area contributed by atoms with Crippen LogP contribution in [0.1, 0.15) is 112 Å². The van der Waals surface area contributed by atoms with Crippen LogP contribution < -0.4 is 21.9 Å². The van der Waals surface area contributed by atoms with Gasteiger partial charge in [-0.15, -0.1) is 11.6 Å². The summed E-state index contributed by atoms with van der Waals surface area (Å²) in [4.78, 5) is 52.4. The van der Waals surface area contributed by atoms with Crippen molar-refractivity contribution >= 4 is 23.4 Å². The molecule has 2 aromatic rings. The van der Waals surface area contributed by atoms with Gasteiger partial charge in [0.25, 0.3) is 17.4 Å². The summed E-state index contributed by atoms with van der Waals surface area (Å²) >= 11 is 5.79. The van der Waals surface area contributed by atoms with Crippen LogP contribution in [-0.4, -0.2) is 87.2 Å². The summed E-state index contributed by atoms with van der Waals surface area (Å²) in [5, 5.41) is 24.8. The van der Waals surface area contributed by atoms with Gasteiger partial charge in [-0.3, -0.25) is 23.9 Å². The molecule has 5 atom stereocenters. The molecule has 13 nitrogen and oxygen atoms in total. The van der Waals surface area contributed by atoms with Crippen LogP contribution in [0.15, 0.2) is 40.1 Å². The summed E-state index contributed by atoms with van der Waals surface area (Å²) in [7, 11) is 0. The van der Waals surface area contributed by atoms with Crippen LogP contribution in [0, 0.1) is 0 Å². The molecule has 3 rings (SSSR count). The Labute approximate surface area is 292 Å². The van der Waals surface area contributed by atoms with Crippen LogP contribution in [0.3, 0.4) is 0 Å². The molecule has 1 fully saturated rings. The first-order valence-corrected chi connectivity index (χ1v) is 17.7. The standard InChI is InChI=1S/C35H53ClN4O9/c1-5-34(3,15-9-7-8-10-16-36)48-23-35(4,6-2)47-18-17-37-30(43)25-13-11-24(12-14-25)20-38-31(44)26-21-40(33(46)39-32(26)45)29-19-27(42)28(22-41)49-29/h11-14,21,27-29,41-42H,5-10,15-20,22-23H2,1-4H3,(H,37,43)(H,38,44)(H,39,45,46)/t27?,28-,29-,34?,35?/m1/s1. The minimum absolute atomic E-state index is 0.00743. The highest BCUT2D eigenvalue weighted by molar-refractivity contribution is 6.17. The van der Waals surface area contributed by atoms with E-state index in [9.17, 15) is 29.4 Å². The topological polar surface area (TPSA) is 181 Å². The van der Waals surface area contributed by atoms with Crippen LogP contribution in [0.2, 0.25) is 0 Å². The quantitative estimate of drug-likeness (QED) is 0.0959. The number of aliphatic hydroxyl groups is 2. The van der Waals surface area contributed by atoms with Crippen LogP contribution in [-0.2, 0) is 20.8 Å². The molecule has 0 spiro atoms. The minimum Gasteiger partial charge on any atom is -0.394 e. The van der Waals surface area contributed by atoms with Gasteiger partial charge in [-0.25, -0.2) is 4.79 Å². The number of ether oxygens (including phenoxy) is 3. The lowest BCUT2D eigenvalue weighted by atomic mass is 9.94. The number of unbranched alkanes of at least 4 members (excludes halogenated alkanes) is 3. The van der Waals surface area contributed by atoms with Gasteiger partial charge in [-0.05, 0) is 57.2 Å². The smallest absolute Gasteiger partial charge is 0.330 e. The maximum absolute atomic E-state index is 12.8. The van der Waals surface area contributed by atoms with Crippen molar-refractivity contribution in [2.75, 3.05) is 32.2 Å². The largest absolute Gasteiger partial charge is 0.394 e. The van der Waals surface area contributed by atoms with E-state index in [1.165, 1.54) is 0 Å². The normalized spacial score (nSPS) is 20.0. The molecule has 1 aromatic heterocycles. The molecule has 14 heteroatoms. The number of nitrogens with one attached hydrogen (secondary N) is 3. The Bertz CT molecular complexity index is 1470. The van der Waals surface area contributed by atoms with Crippen molar-refractivity contribution in [1.82, 2.24) is 20.2 Å². The fraction of sp³-hybridized carbons (Fsp3) is 0.657. The molecule has 1 aromatic carbocycles. The zero-order valence-corrected chi connectivity index (χ0v) is 29.9. The number of amides is 2. The van der Waals surface area contributed by atoms with Crippen molar-refractivity contribution in [3.05, 3.63) is 68.0 Å². The number of halogens is 1. The Morgan fingerprint density at radius 2 is 1.71 bits per heavy atom. The maximum atomic E-state index is 12.8. The number of hydrogen-bond donors (Lipinski definition) is 5. The highest BCUT2D eigenvalue weighted by Crippen LogP contribution is 2.28. The fourth-order valence-electron chi connectivity index (χ4n) is 5.40. The third kappa shape index (κ3) is 12.0. The second-order valence-electron chi connectivity index (χ2n) is 13.1. The van der Waals surface area contributed by atoms with E-state index in [0.29, 0.717) is 36.8 Å². The van der Waals surface area contributed by atoms with Crippen molar-refractivity contribution in [2.45, 2.75) is 115 Å². The van der Waals surface area contributed by atoms with Crippen molar-refractivity contribution < 1.29 is 34.0 Å². The fourth-order valence-corrected chi connectivity index (χ4v) is 5.59. The number of alkyl halides is 1. The highest BCUT2D eigenvalue weighted by Gasteiger charge is 2.35. The number of benzene rings is 1. The first-order valence-electron chi connectivity index (χ1n) is 17.2. The van der Waals surface area contributed by atoms with Crippen LogP contribution >= 0.6 is 11.6 Å². The molecular weight excluding hydrogens is 656 g/mol. The Kier molecular flexibility index (Phi) is 15.9. The molecule has 1 saturated heterocycles. The molecule has 3 unspecified atom stereocenters. The number of aromatic amines is 1. The van der Waals surface area contributed by atoms with Crippen LogP contribution in [0.5, 0.6) is 0 Å². The van der Waals surface area contributed by atoms with Crippen molar-refractivity contribution in [1.29, 1.82) is 0 Å². The van der Waals surface area contributed by atoms with Crippen LogP contribution in [0.25, 0.3) is 0 Å². The van der Waals surface area contributed by atoms with Gasteiger partial charge in [-0.1, -0.05) is 45.2 Å². The van der Waals surface area contributed by atoms with Crippen molar-refractivity contribution in [3.63, 3.8) is 0 Å². The molecule has 0 aliphatic carbocycles. The predicted molar refractivity (Wildman–Crippen MR) is 186 cm³/mol. The summed E-state index contributed by atoms with van der Waals surface area (Å²) in [5.74, 6) is -0.287. The van der Waals surface area contributed by atoms with Gasteiger partial charge < -0.3 is 35.1 Å². The first-order chi connectivity index (χ1) is 23.4. The lowest BCUT2D eigenvalue weighted by molar-refractivity contribution is -0.137. The molecular formula is C35H53ClN4O9. The molecule has 274 valence electrons. The van der Waals surface area contributed by atoms with E-state index in [-0.39, 0.29) is 30.0 Å². The monoisotopic (exact) mass is 708 g/mol. The molecule has 1 aliphatic heterocycles. The van der Waals surface area contributed by atoms with E-state index < -0.39 is 47.8 Å². The number of rotatable bonds is 21. The van der Waals surface area contributed by atoms with E-state index >= 15 is 0 Å². The number of aromatic nitrogens is 2. The van der Waals surface area contributed by atoms with Gasteiger partial charge in [0.2, 0.25) is 0 Å². The predicted octanol–water partition coefficient (Wildman–Crippen LogP) is 3.40. The third-order valence-corrected chi connectivity index (χ3v) is 9.49. The SMILES string of the molecule is CCC(C)(CCCCCCCl)OCC(C)(CC)OCCNC(=O)c1ccc(CNC(=O)c2cn([C@H]3CC(O)[C@@H](CO)O3)c(=O)[nH]c2=O)cc1. The average Bonchev–Trinajstić information content (AvgIpc) is 3.48. The third-order valence-electron chi connectivity index (χ3n) is 9.23. The van der Waals surface area contributed by atoms with Gasteiger partial charge in [0.1, 0.15) is 17.9 Å². The molecule has 49 heavy (non-hydrogen) atoms. The second-order valence-corrected chi connectivity index (χ2v) is 13.4. The van der Waals surface area contributed by atoms with Gasteiger partial charge >= 0.3 is 5.69 Å². The molecule has 2 amide bonds. The van der Waals surface area contributed by atoms with Crippen LogP contribution in [0.4, 0.5) is 0 Å². The zero-order valence-electron chi connectivity index (χ0n) is 29.1. The summed E-state index contributed by atoms with van der Waals surface area (Å²) in [6.45, 7) is 9.10. The van der Waals surface area contributed by atoms with E-state index in [4.69, 9.17) is 25.8 Å². The summed E-state index contributed by atoms with van der Waals surface area (Å²) in [6.07, 6.45) is 5.34. The Morgan fingerprint density at radius 1 is 1.02 bits per heavy atom. The maximum Gasteiger partial charge on any atom is 0.330 e. The summed E-state index contributed by atoms with van der Waals surface area (Å²) in [6, 6.07) is 6.65. The Balaban J connectivity index is 1.45. The number of carbonyl (C=O) groups excluding carboxylic acids is 2.